The highest BCUT2D eigenvalue weighted by Crippen LogP contribution is 2.43. The predicted octanol–water partition coefficient (Wildman–Crippen LogP) is 5.45. The third-order valence-corrected chi connectivity index (χ3v) is 7.18. The molecule has 9 nitrogen and oxygen atoms in total. The summed E-state index contributed by atoms with van der Waals surface area (Å²) in [7, 11) is 1.51. The summed E-state index contributed by atoms with van der Waals surface area (Å²) in [6, 6.07) is 5.72. The molecule has 0 saturated carbocycles. The number of aryl methyl sites for hydroxylation is 1. The number of thiazole rings is 1. The van der Waals surface area contributed by atoms with E-state index in [0.717, 1.165) is 0 Å². The maximum Gasteiger partial charge on any atom is 0.411 e. The molecule has 0 spiro atoms. The molecule has 0 fully saturated rings. The fourth-order valence-corrected chi connectivity index (χ4v) is 5.39. The second-order valence-corrected chi connectivity index (χ2v) is 9.62. The van der Waals surface area contributed by atoms with Crippen molar-refractivity contribution >= 4 is 44.2 Å². The summed E-state index contributed by atoms with van der Waals surface area (Å²) < 4.78 is 46.4. The molecule has 0 saturated heterocycles. The average molecular weight is 536 g/mol. The minimum Gasteiger partial charge on any atom is -0.495 e. The van der Waals surface area contributed by atoms with Gasteiger partial charge in [0.05, 0.1) is 47.1 Å². The van der Waals surface area contributed by atoms with Gasteiger partial charge in [-0.15, -0.1) is 11.3 Å². The Kier molecular flexibility index (Phi) is 5.95. The number of aromatic nitrogens is 4. The third-order valence-electron chi connectivity index (χ3n) is 6.01. The van der Waals surface area contributed by atoms with Crippen LogP contribution in [0.4, 0.5) is 19.3 Å². The molecule has 0 radical (unpaired) electrons. The van der Waals surface area contributed by atoms with Crippen molar-refractivity contribution in [3.8, 4) is 22.1 Å². The van der Waals surface area contributed by atoms with Crippen LogP contribution >= 0.6 is 11.3 Å². The molecule has 4 heterocycles. The quantitative estimate of drug-likeness (QED) is 0.317. The fraction of sp³-hybridized carbons (Fsp3) is 0.192. The number of nitrogens with one attached hydrogen (secondary N) is 1. The van der Waals surface area contributed by atoms with Crippen LogP contribution in [0.2, 0.25) is 0 Å². The van der Waals surface area contributed by atoms with Crippen LogP contribution in [0.3, 0.4) is 0 Å². The standard InChI is InChI=1S/C26H19F2N5O4S/c1-12-29-8-15(9-30-12)32-26(34)36-11-17-6-19-23(37-17)20(28)7-21-24(19)38-25(33-21)18-5-14(27)3-13-4-16(35-2)10-31-22(13)18/h3-5,7-10,17H,6,11H2,1-2H3,(H,32,34). The van der Waals surface area contributed by atoms with Gasteiger partial charge in [-0.1, -0.05) is 0 Å². The molecule has 1 amide bonds. The van der Waals surface area contributed by atoms with Crippen molar-refractivity contribution in [2.45, 2.75) is 19.4 Å². The summed E-state index contributed by atoms with van der Waals surface area (Å²) in [4.78, 5) is 29.2. The maximum atomic E-state index is 14.9. The van der Waals surface area contributed by atoms with Gasteiger partial charge in [-0.05, 0) is 25.1 Å². The van der Waals surface area contributed by atoms with Gasteiger partial charge < -0.3 is 14.2 Å². The van der Waals surface area contributed by atoms with Crippen LogP contribution in [0.1, 0.15) is 11.4 Å². The molecule has 38 heavy (non-hydrogen) atoms. The van der Waals surface area contributed by atoms with Crippen LogP contribution < -0.4 is 14.8 Å². The van der Waals surface area contributed by atoms with Crippen molar-refractivity contribution in [1.82, 2.24) is 19.9 Å². The summed E-state index contributed by atoms with van der Waals surface area (Å²) in [5.41, 5.74) is 2.48. The maximum absolute atomic E-state index is 14.9. The van der Waals surface area contributed by atoms with Gasteiger partial charge in [-0.3, -0.25) is 10.3 Å². The molecule has 6 rings (SSSR count). The van der Waals surface area contributed by atoms with Crippen LogP contribution in [0.5, 0.6) is 11.5 Å². The fourth-order valence-electron chi connectivity index (χ4n) is 4.28. The number of nitrogens with zero attached hydrogens (tertiary/aromatic N) is 4. The largest absolute Gasteiger partial charge is 0.495 e. The molecule has 2 aromatic carbocycles. The van der Waals surface area contributed by atoms with Crippen molar-refractivity contribution in [3.63, 3.8) is 0 Å². The molecule has 12 heteroatoms. The zero-order valence-electron chi connectivity index (χ0n) is 20.1. The molecule has 1 atom stereocenters. The molecule has 1 aliphatic heterocycles. The molecular weight excluding hydrogens is 516 g/mol. The Labute approximate surface area is 218 Å². The average Bonchev–Trinajstić information content (AvgIpc) is 3.53. The number of halogens is 2. The van der Waals surface area contributed by atoms with Crippen LogP contribution in [0.25, 0.3) is 31.7 Å². The molecule has 0 bridgehead atoms. The Morgan fingerprint density at radius 1 is 1.16 bits per heavy atom. The number of rotatable bonds is 5. The second kappa shape index (κ2) is 9.45. The Morgan fingerprint density at radius 2 is 1.97 bits per heavy atom. The van der Waals surface area contributed by atoms with E-state index in [4.69, 9.17) is 14.2 Å². The van der Waals surface area contributed by atoms with E-state index in [1.54, 1.807) is 19.2 Å². The van der Waals surface area contributed by atoms with Crippen molar-refractivity contribution in [2.24, 2.45) is 0 Å². The minimum atomic E-state index is -0.704. The number of ether oxygens (including phenoxy) is 3. The highest BCUT2D eigenvalue weighted by Gasteiger charge is 2.31. The molecule has 5 aromatic rings. The van der Waals surface area contributed by atoms with Gasteiger partial charge in [-0.25, -0.2) is 28.5 Å². The monoisotopic (exact) mass is 535 g/mol. The number of amides is 1. The number of carbonyl (C=O) groups excluding carboxylic acids is 1. The molecule has 0 aliphatic carbocycles. The number of pyridine rings is 1. The Bertz CT molecular complexity index is 1710. The minimum absolute atomic E-state index is 0.0971. The van der Waals surface area contributed by atoms with Crippen molar-refractivity contribution < 1.29 is 27.8 Å². The summed E-state index contributed by atoms with van der Waals surface area (Å²) in [6.07, 6.45) is 3.50. The zero-order chi connectivity index (χ0) is 26.4. The van der Waals surface area contributed by atoms with E-state index in [-0.39, 0.29) is 12.4 Å². The lowest BCUT2D eigenvalue weighted by atomic mass is 10.1. The van der Waals surface area contributed by atoms with Gasteiger partial charge in [0.1, 0.15) is 35.1 Å². The Balaban J connectivity index is 1.25. The number of carbonyl (C=O) groups is 1. The molecule has 1 unspecified atom stereocenters. The van der Waals surface area contributed by atoms with Gasteiger partial charge in [0, 0.05) is 29.0 Å². The molecular formula is C26H19F2N5O4S. The van der Waals surface area contributed by atoms with E-state index >= 15 is 0 Å². The first-order valence-corrected chi connectivity index (χ1v) is 12.3. The van der Waals surface area contributed by atoms with Gasteiger partial charge in [-0.2, -0.15) is 0 Å². The van der Waals surface area contributed by atoms with E-state index in [1.807, 2.05) is 0 Å². The van der Waals surface area contributed by atoms with E-state index in [0.29, 0.717) is 60.9 Å². The number of hydrogen-bond acceptors (Lipinski definition) is 9. The number of anilines is 1. The number of methoxy groups -OCH3 is 1. The molecule has 192 valence electrons. The summed E-state index contributed by atoms with van der Waals surface area (Å²) in [6.45, 7) is 1.63. The Hall–Kier alpha value is -4.45. The third kappa shape index (κ3) is 4.43. The topological polar surface area (TPSA) is 108 Å². The number of fused-ring (bicyclic) bond motifs is 4. The van der Waals surface area contributed by atoms with E-state index in [9.17, 15) is 13.6 Å². The van der Waals surface area contributed by atoms with Crippen LogP contribution in [-0.2, 0) is 11.2 Å². The van der Waals surface area contributed by atoms with E-state index in [1.165, 1.54) is 49.0 Å². The van der Waals surface area contributed by atoms with Crippen LogP contribution in [-0.4, -0.2) is 45.8 Å². The summed E-state index contributed by atoms with van der Waals surface area (Å²) in [5.74, 6) is 0.155. The van der Waals surface area contributed by atoms with Crippen molar-refractivity contribution in [2.75, 3.05) is 19.0 Å². The van der Waals surface area contributed by atoms with Gasteiger partial charge in [0.15, 0.2) is 11.6 Å². The first-order chi connectivity index (χ1) is 18.4. The van der Waals surface area contributed by atoms with Gasteiger partial charge >= 0.3 is 6.09 Å². The van der Waals surface area contributed by atoms with Crippen LogP contribution in [0, 0.1) is 18.6 Å². The lowest BCUT2D eigenvalue weighted by Crippen LogP contribution is -2.25. The van der Waals surface area contributed by atoms with Gasteiger partial charge in [0.25, 0.3) is 0 Å². The predicted molar refractivity (Wildman–Crippen MR) is 137 cm³/mol. The first-order valence-electron chi connectivity index (χ1n) is 11.5. The highest BCUT2D eigenvalue weighted by molar-refractivity contribution is 7.22. The van der Waals surface area contributed by atoms with E-state index < -0.39 is 23.8 Å². The van der Waals surface area contributed by atoms with Crippen molar-refractivity contribution in [3.05, 3.63) is 65.9 Å². The SMILES string of the molecule is COc1cnc2c(-c3nc4cc(F)c5c(c4s3)CC(COC(=O)Nc3cnc(C)nc3)O5)cc(F)cc2c1. The smallest absolute Gasteiger partial charge is 0.411 e. The first kappa shape index (κ1) is 23.9. The molecule has 1 aliphatic rings. The second-order valence-electron chi connectivity index (χ2n) is 8.62. The molecule has 3 aromatic heterocycles. The number of hydrogen-bond donors (Lipinski definition) is 1. The zero-order valence-corrected chi connectivity index (χ0v) is 20.9. The Morgan fingerprint density at radius 3 is 2.76 bits per heavy atom. The number of benzene rings is 2. The van der Waals surface area contributed by atoms with Crippen LogP contribution in [0.15, 0.2) is 42.9 Å². The summed E-state index contributed by atoms with van der Waals surface area (Å²) in [5, 5.41) is 3.59. The van der Waals surface area contributed by atoms with Gasteiger partial charge in [0.2, 0.25) is 0 Å². The lowest BCUT2D eigenvalue weighted by molar-refractivity contribution is 0.100. The lowest BCUT2D eigenvalue weighted by Gasteiger charge is -2.12. The summed E-state index contributed by atoms with van der Waals surface area (Å²) >= 11 is 1.30. The molecule has 1 N–H and O–H groups in total. The highest BCUT2D eigenvalue weighted by atomic mass is 32.1. The van der Waals surface area contributed by atoms with E-state index in [2.05, 4.69) is 25.3 Å². The van der Waals surface area contributed by atoms with Crippen molar-refractivity contribution in [1.29, 1.82) is 0 Å². The normalized spacial score (nSPS) is 14.4.